The number of carbonyl (C=O) groups excluding carboxylic acids is 1. The molecule has 0 aliphatic rings. The highest BCUT2D eigenvalue weighted by atomic mass is 16.5. The van der Waals surface area contributed by atoms with Crippen LogP contribution in [-0.2, 0) is 11.2 Å². The van der Waals surface area contributed by atoms with Crippen LogP contribution in [0.2, 0.25) is 0 Å². The van der Waals surface area contributed by atoms with Crippen molar-refractivity contribution < 1.29 is 9.53 Å². The van der Waals surface area contributed by atoms with Gasteiger partial charge in [0.05, 0.1) is 7.11 Å². The summed E-state index contributed by atoms with van der Waals surface area (Å²) < 4.78 is 5.38. The summed E-state index contributed by atoms with van der Waals surface area (Å²) in [6.07, 6.45) is 0.601. The van der Waals surface area contributed by atoms with Gasteiger partial charge in [0.1, 0.15) is 5.75 Å². The first-order valence-corrected chi connectivity index (χ1v) is 8.15. The SMILES string of the molecule is COc1ccccc1CC(C)(C)C(=O)NCC(N)c1ccccc1. The van der Waals surface area contributed by atoms with Crippen molar-refractivity contribution in [1.29, 1.82) is 0 Å². The number of carbonyl (C=O) groups is 1. The third-order valence-corrected chi connectivity index (χ3v) is 4.15. The van der Waals surface area contributed by atoms with E-state index in [1.165, 1.54) is 0 Å². The Bertz CT molecular complexity index is 668. The summed E-state index contributed by atoms with van der Waals surface area (Å²) in [6, 6.07) is 17.4. The standard InChI is InChI=1S/C20H26N2O2/c1-20(2,13-16-11-7-8-12-18(16)24-3)19(23)22-14-17(21)15-9-5-4-6-10-15/h4-12,17H,13-14,21H2,1-3H3,(H,22,23). The Morgan fingerprint density at radius 1 is 1.12 bits per heavy atom. The van der Waals surface area contributed by atoms with E-state index in [4.69, 9.17) is 10.5 Å². The van der Waals surface area contributed by atoms with E-state index in [1.54, 1.807) is 7.11 Å². The minimum Gasteiger partial charge on any atom is -0.496 e. The molecule has 4 nitrogen and oxygen atoms in total. The van der Waals surface area contributed by atoms with Crippen LogP contribution in [0.3, 0.4) is 0 Å². The lowest BCUT2D eigenvalue weighted by molar-refractivity contribution is -0.129. The lowest BCUT2D eigenvalue weighted by Gasteiger charge is -2.25. The molecule has 1 amide bonds. The van der Waals surface area contributed by atoms with Crippen LogP contribution in [0.4, 0.5) is 0 Å². The smallest absolute Gasteiger partial charge is 0.226 e. The number of rotatable bonds is 7. The molecule has 3 N–H and O–H groups in total. The molecule has 2 aromatic carbocycles. The molecule has 2 rings (SSSR count). The van der Waals surface area contributed by atoms with Crippen molar-refractivity contribution in [3.63, 3.8) is 0 Å². The second kappa shape index (κ2) is 7.97. The van der Waals surface area contributed by atoms with Crippen molar-refractivity contribution in [2.24, 2.45) is 11.1 Å². The van der Waals surface area contributed by atoms with Gasteiger partial charge in [-0.05, 0) is 23.6 Å². The van der Waals surface area contributed by atoms with Crippen LogP contribution in [-0.4, -0.2) is 19.6 Å². The first-order valence-electron chi connectivity index (χ1n) is 8.15. The lowest BCUT2D eigenvalue weighted by Crippen LogP contribution is -2.41. The van der Waals surface area contributed by atoms with Gasteiger partial charge in [0, 0.05) is 18.0 Å². The van der Waals surface area contributed by atoms with Gasteiger partial charge in [0.15, 0.2) is 0 Å². The number of hydrogen-bond acceptors (Lipinski definition) is 3. The molecular weight excluding hydrogens is 300 g/mol. The molecule has 24 heavy (non-hydrogen) atoms. The zero-order valence-electron chi connectivity index (χ0n) is 14.6. The maximum absolute atomic E-state index is 12.6. The number of para-hydroxylation sites is 1. The number of benzene rings is 2. The maximum Gasteiger partial charge on any atom is 0.226 e. The van der Waals surface area contributed by atoms with Crippen molar-refractivity contribution in [1.82, 2.24) is 5.32 Å². The van der Waals surface area contributed by atoms with E-state index >= 15 is 0 Å². The number of nitrogens with one attached hydrogen (secondary N) is 1. The summed E-state index contributed by atoms with van der Waals surface area (Å²) in [5, 5.41) is 2.97. The summed E-state index contributed by atoms with van der Waals surface area (Å²) in [5.74, 6) is 0.791. The molecular formula is C20H26N2O2. The molecule has 0 spiro atoms. The highest BCUT2D eigenvalue weighted by Gasteiger charge is 2.29. The Morgan fingerprint density at radius 3 is 2.42 bits per heavy atom. The van der Waals surface area contributed by atoms with E-state index in [2.05, 4.69) is 5.32 Å². The van der Waals surface area contributed by atoms with Gasteiger partial charge in [-0.2, -0.15) is 0 Å². The molecule has 0 aromatic heterocycles. The number of amides is 1. The zero-order valence-corrected chi connectivity index (χ0v) is 14.6. The molecule has 0 radical (unpaired) electrons. The Kier molecular flexibility index (Phi) is 5.99. The molecule has 1 unspecified atom stereocenters. The second-order valence-corrected chi connectivity index (χ2v) is 6.60. The van der Waals surface area contributed by atoms with E-state index in [-0.39, 0.29) is 11.9 Å². The monoisotopic (exact) mass is 326 g/mol. The maximum atomic E-state index is 12.6. The van der Waals surface area contributed by atoms with Crippen molar-refractivity contribution >= 4 is 5.91 Å². The van der Waals surface area contributed by atoms with Gasteiger partial charge in [-0.1, -0.05) is 62.4 Å². The van der Waals surface area contributed by atoms with Gasteiger partial charge in [0.2, 0.25) is 5.91 Å². The molecule has 0 aliphatic carbocycles. The minimum atomic E-state index is -0.551. The summed E-state index contributed by atoms with van der Waals surface area (Å²) in [6.45, 7) is 4.28. The zero-order chi connectivity index (χ0) is 17.6. The van der Waals surface area contributed by atoms with E-state index in [0.29, 0.717) is 13.0 Å². The first kappa shape index (κ1) is 18.0. The average molecular weight is 326 g/mol. The van der Waals surface area contributed by atoms with Crippen LogP contribution in [0.5, 0.6) is 5.75 Å². The Morgan fingerprint density at radius 2 is 1.75 bits per heavy atom. The molecule has 2 aromatic rings. The van der Waals surface area contributed by atoms with Gasteiger partial charge in [0.25, 0.3) is 0 Å². The third-order valence-electron chi connectivity index (χ3n) is 4.15. The van der Waals surface area contributed by atoms with Crippen LogP contribution in [0.15, 0.2) is 54.6 Å². The number of methoxy groups -OCH3 is 1. The van der Waals surface area contributed by atoms with Gasteiger partial charge < -0.3 is 15.8 Å². The minimum absolute atomic E-state index is 0.0141. The quantitative estimate of drug-likeness (QED) is 0.822. The largest absolute Gasteiger partial charge is 0.496 e. The Balaban J connectivity index is 1.97. The van der Waals surface area contributed by atoms with Crippen LogP contribution in [0.25, 0.3) is 0 Å². The molecule has 1 atom stereocenters. The van der Waals surface area contributed by atoms with E-state index < -0.39 is 5.41 Å². The molecule has 0 heterocycles. The second-order valence-electron chi connectivity index (χ2n) is 6.60. The third kappa shape index (κ3) is 4.59. The van der Waals surface area contributed by atoms with Crippen LogP contribution in [0.1, 0.15) is 31.0 Å². The fourth-order valence-corrected chi connectivity index (χ4v) is 2.67. The topological polar surface area (TPSA) is 64.3 Å². The first-order chi connectivity index (χ1) is 11.4. The highest BCUT2D eigenvalue weighted by Crippen LogP contribution is 2.28. The molecule has 4 heteroatoms. The average Bonchev–Trinajstić information content (AvgIpc) is 2.60. The van der Waals surface area contributed by atoms with Gasteiger partial charge in [-0.25, -0.2) is 0 Å². The molecule has 0 saturated carbocycles. The molecule has 0 aliphatic heterocycles. The highest BCUT2D eigenvalue weighted by molar-refractivity contribution is 5.82. The number of ether oxygens (including phenoxy) is 1. The molecule has 0 fully saturated rings. The van der Waals surface area contributed by atoms with Gasteiger partial charge in [-0.15, -0.1) is 0 Å². The van der Waals surface area contributed by atoms with Crippen LogP contribution in [0, 0.1) is 5.41 Å². The normalized spacial score (nSPS) is 12.5. The Hall–Kier alpha value is -2.33. The fourth-order valence-electron chi connectivity index (χ4n) is 2.67. The molecule has 128 valence electrons. The van der Waals surface area contributed by atoms with Crippen LogP contribution < -0.4 is 15.8 Å². The summed E-state index contributed by atoms with van der Waals surface area (Å²) in [7, 11) is 1.64. The van der Waals surface area contributed by atoms with E-state index in [0.717, 1.165) is 16.9 Å². The van der Waals surface area contributed by atoms with Gasteiger partial charge >= 0.3 is 0 Å². The lowest BCUT2D eigenvalue weighted by atomic mass is 9.84. The predicted octanol–water partition coefficient (Wildman–Crippen LogP) is 3.08. The van der Waals surface area contributed by atoms with Crippen molar-refractivity contribution in [2.45, 2.75) is 26.3 Å². The fraction of sp³-hybridized carbons (Fsp3) is 0.350. The van der Waals surface area contributed by atoms with E-state index in [1.807, 2.05) is 68.4 Å². The van der Waals surface area contributed by atoms with E-state index in [9.17, 15) is 4.79 Å². The van der Waals surface area contributed by atoms with Crippen molar-refractivity contribution in [2.75, 3.05) is 13.7 Å². The van der Waals surface area contributed by atoms with Crippen LogP contribution >= 0.6 is 0 Å². The predicted molar refractivity (Wildman–Crippen MR) is 96.9 cm³/mol. The molecule has 0 saturated heterocycles. The summed E-state index contributed by atoms with van der Waals surface area (Å²) >= 11 is 0. The van der Waals surface area contributed by atoms with Crippen molar-refractivity contribution in [3.8, 4) is 5.75 Å². The van der Waals surface area contributed by atoms with Crippen molar-refractivity contribution in [3.05, 3.63) is 65.7 Å². The summed E-state index contributed by atoms with van der Waals surface area (Å²) in [5.41, 5.74) is 7.63. The Labute approximate surface area is 144 Å². The van der Waals surface area contributed by atoms with Gasteiger partial charge in [-0.3, -0.25) is 4.79 Å². The number of hydrogen-bond donors (Lipinski definition) is 2. The molecule has 0 bridgehead atoms. The number of nitrogens with two attached hydrogens (primary N) is 1. The summed E-state index contributed by atoms with van der Waals surface area (Å²) in [4.78, 5) is 12.6.